The lowest BCUT2D eigenvalue weighted by molar-refractivity contribution is 0.101. The van der Waals surface area contributed by atoms with Gasteiger partial charge in [0.05, 0.1) is 11.3 Å². The fraction of sp³-hybridized carbons (Fsp3) is 0.300. The average Bonchev–Trinajstić information content (AvgIpc) is 2.12. The number of carbonyl (C=O) groups is 1. The van der Waals surface area contributed by atoms with Gasteiger partial charge < -0.3 is 0 Å². The number of aryl methyl sites for hydroxylation is 1. The van der Waals surface area contributed by atoms with E-state index in [2.05, 4.69) is 0 Å². The molecule has 0 bridgehead atoms. The Morgan fingerprint density at radius 2 is 2.15 bits per heavy atom. The number of fused-ring (bicyclic) bond motifs is 1. The number of thioether (sulfide) groups is 1. The van der Waals surface area contributed by atoms with Crippen LogP contribution < -0.4 is 0 Å². The van der Waals surface area contributed by atoms with Crippen LogP contribution in [0, 0.1) is 12.7 Å². The van der Waals surface area contributed by atoms with E-state index in [4.69, 9.17) is 0 Å². The molecule has 0 aliphatic carbocycles. The van der Waals surface area contributed by atoms with E-state index >= 15 is 0 Å². The largest absolute Gasteiger partial charge is 0.293 e. The molecule has 1 heterocycles. The summed E-state index contributed by atoms with van der Waals surface area (Å²) in [5, 5.41) is 0. The standard InChI is InChI=1S/C10H9FOS/c1-6-2-3-8(11)10-7(6)4-13-5-9(10)12/h2-3H,4-5H2,1H3. The maximum atomic E-state index is 13.3. The third-order valence-electron chi connectivity index (χ3n) is 2.25. The molecule has 0 unspecified atom stereocenters. The number of rotatable bonds is 0. The molecule has 0 saturated heterocycles. The Balaban J connectivity index is 2.67. The van der Waals surface area contributed by atoms with Gasteiger partial charge in [-0.15, -0.1) is 11.8 Å². The van der Waals surface area contributed by atoms with Crippen LogP contribution in [0.5, 0.6) is 0 Å². The highest BCUT2D eigenvalue weighted by Gasteiger charge is 2.22. The molecule has 13 heavy (non-hydrogen) atoms. The lowest BCUT2D eigenvalue weighted by atomic mass is 10.00. The molecule has 0 fully saturated rings. The topological polar surface area (TPSA) is 17.1 Å². The van der Waals surface area contributed by atoms with Crippen molar-refractivity contribution < 1.29 is 9.18 Å². The Bertz CT molecular complexity index is 373. The van der Waals surface area contributed by atoms with Gasteiger partial charge in [-0.3, -0.25) is 4.79 Å². The minimum absolute atomic E-state index is 0.0764. The first-order valence-electron chi connectivity index (χ1n) is 4.09. The van der Waals surface area contributed by atoms with Crippen LogP contribution in [0.2, 0.25) is 0 Å². The Labute approximate surface area is 80.3 Å². The van der Waals surface area contributed by atoms with Gasteiger partial charge in [0.1, 0.15) is 5.82 Å². The van der Waals surface area contributed by atoms with E-state index < -0.39 is 0 Å². The Morgan fingerprint density at radius 3 is 2.85 bits per heavy atom. The molecule has 1 aliphatic rings. The number of Topliss-reactive ketones (excluding diaryl/α,β-unsaturated/α-hetero) is 1. The molecule has 1 nitrogen and oxygen atoms in total. The Kier molecular flexibility index (Phi) is 2.12. The van der Waals surface area contributed by atoms with Crippen molar-refractivity contribution in [3.63, 3.8) is 0 Å². The lowest BCUT2D eigenvalue weighted by Gasteiger charge is -2.16. The second-order valence-electron chi connectivity index (χ2n) is 3.13. The zero-order valence-corrected chi connectivity index (χ0v) is 8.08. The van der Waals surface area contributed by atoms with Crippen molar-refractivity contribution >= 4 is 17.5 Å². The summed E-state index contributed by atoms with van der Waals surface area (Å²) in [6.07, 6.45) is 0. The molecule has 0 radical (unpaired) electrons. The molecular weight excluding hydrogens is 187 g/mol. The normalized spacial score (nSPS) is 15.7. The summed E-state index contributed by atoms with van der Waals surface area (Å²) in [7, 11) is 0. The molecule has 0 saturated carbocycles. The van der Waals surface area contributed by atoms with Crippen LogP contribution in [0.25, 0.3) is 0 Å². The van der Waals surface area contributed by atoms with E-state index in [1.165, 1.54) is 6.07 Å². The molecule has 0 atom stereocenters. The highest BCUT2D eigenvalue weighted by molar-refractivity contribution is 7.99. The van der Waals surface area contributed by atoms with Gasteiger partial charge in [0, 0.05) is 5.75 Å². The minimum atomic E-state index is -0.370. The molecule has 1 aromatic carbocycles. The highest BCUT2D eigenvalue weighted by atomic mass is 32.2. The summed E-state index contributed by atoms with van der Waals surface area (Å²) in [6, 6.07) is 3.11. The predicted molar refractivity (Wildman–Crippen MR) is 51.6 cm³/mol. The number of carbonyl (C=O) groups excluding carboxylic acids is 1. The van der Waals surface area contributed by atoms with Crippen molar-refractivity contribution in [1.29, 1.82) is 0 Å². The molecule has 0 amide bonds. The lowest BCUT2D eigenvalue weighted by Crippen LogP contribution is -2.15. The number of ketones is 1. The molecular formula is C10H9FOS. The van der Waals surface area contributed by atoms with Crippen molar-refractivity contribution in [3.8, 4) is 0 Å². The van der Waals surface area contributed by atoms with E-state index in [1.807, 2.05) is 6.92 Å². The monoisotopic (exact) mass is 196 g/mol. The van der Waals surface area contributed by atoms with E-state index in [0.29, 0.717) is 11.3 Å². The van der Waals surface area contributed by atoms with Crippen molar-refractivity contribution in [1.82, 2.24) is 0 Å². The Morgan fingerprint density at radius 1 is 1.38 bits per heavy atom. The molecule has 0 N–H and O–H groups in total. The summed E-state index contributed by atoms with van der Waals surface area (Å²) in [5.74, 6) is 0.719. The van der Waals surface area contributed by atoms with Gasteiger partial charge in [-0.2, -0.15) is 0 Å². The van der Waals surface area contributed by atoms with Gasteiger partial charge in [-0.1, -0.05) is 6.07 Å². The van der Waals surface area contributed by atoms with E-state index in [1.54, 1.807) is 17.8 Å². The first-order chi connectivity index (χ1) is 6.20. The van der Waals surface area contributed by atoms with Crippen molar-refractivity contribution in [2.24, 2.45) is 0 Å². The number of hydrogen-bond acceptors (Lipinski definition) is 2. The van der Waals surface area contributed by atoms with Gasteiger partial charge in [-0.05, 0) is 24.1 Å². The molecule has 1 aromatic rings. The van der Waals surface area contributed by atoms with Gasteiger partial charge in [0.25, 0.3) is 0 Å². The average molecular weight is 196 g/mol. The van der Waals surface area contributed by atoms with Crippen molar-refractivity contribution in [2.75, 3.05) is 5.75 Å². The fourth-order valence-corrected chi connectivity index (χ4v) is 2.54. The highest BCUT2D eigenvalue weighted by Crippen LogP contribution is 2.28. The Hall–Kier alpha value is -0.830. The van der Waals surface area contributed by atoms with Crippen LogP contribution in [0.1, 0.15) is 21.5 Å². The van der Waals surface area contributed by atoms with Crippen molar-refractivity contribution in [3.05, 3.63) is 34.6 Å². The molecule has 68 valence electrons. The second-order valence-corrected chi connectivity index (χ2v) is 4.12. The van der Waals surface area contributed by atoms with Gasteiger partial charge in [0.15, 0.2) is 5.78 Å². The van der Waals surface area contributed by atoms with Gasteiger partial charge >= 0.3 is 0 Å². The van der Waals surface area contributed by atoms with E-state index in [0.717, 1.165) is 16.9 Å². The van der Waals surface area contributed by atoms with Gasteiger partial charge in [0.2, 0.25) is 0 Å². The van der Waals surface area contributed by atoms with E-state index in [9.17, 15) is 9.18 Å². The molecule has 0 spiro atoms. The maximum absolute atomic E-state index is 13.3. The van der Waals surface area contributed by atoms with Crippen LogP contribution in [0.3, 0.4) is 0 Å². The summed E-state index contributed by atoms with van der Waals surface area (Å²) < 4.78 is 13.3. The van der Waals surface area contributed by atoms with Crippen LogP contribution in [-0.4, -0.2) is 11.5 Å². The van der Waals surface area contributed by atoms with Crippen LogP contribution in [0.4, 0.5) is 4.39 Å². The summed E-state index contributed by atoms with van der Waals surface area (Å²) >= 11 is 1.55. The van der Waals surface area contributed by atoms with Crippen LogP contribution >= 0.6 is 11.8 Å². The molecule has 2 rings (SSSR count). The fourth-order valence-electron chi connectivity index (χ4n) is 1.53. The number of hydrogen-bond donors (Lipinski definition) is 0. The van der Waals surface area contributed by atoms with E-state index in [-0.39, 0.29) is 11.6 Å². The minimum Gasteiger partial charge on any atom is -0.293 e. The summed E-state index contributed by atoms with van der Waals surface area (Å²) in [5.41, 5.74) is 2.21. The molecule has 1 aliphatic heterocycles. The van der Waals surface area contributed by atoms with Gasteiger partial charge in [-0.25, -0.2) is 4.39 Å². The smallest absolute Gasteiger partial charge is 0.175 e. The molecule has 3 heteroatoms. The second kappa shape index (κ2) is 3.14. The summed E-state index contributed by atoms with van der Waals surface area (Å²) in [6.45, 7) is 1.91. The molecule has 0 aromatic heterocycles. The third-order valence-corrected chi connectivity index (χ3v) is 3.21. The van der Waals surface area contributed by atoms with Crippen molar-refractivity contribution in [2.45, 2.75) is 12.7 Å². The first-order valence-corrected chi connectivity index (χ1v) is 5.24. The van der Waals surface area contributed by atoms with Crippen LogP contribution in [-0.2, 0) is 5.75 Å². The first kappa shape index (κ1) is 8.75. The zero-order valence-electron chi connectivity index (χ0n) is 7.26. The van der Waals surface area contributed by atoms with Crippen LogP contribution in [0.15, 0.2) is 12.1 Å². The summed E-state index contributed by atoms with van der Waals surface area (Å²) in [4.78, 5) is 11.4. The maximum Gasteiger partial charge on any atom is 0.175 e. The number of halogens is 1. The zero-order chi connectivity index (χ0) is 9.42. The third kappa shape index (κ3) is 1.37. The SMILES string of the molecule is Cc1ccc(F)c2c1CSCC2=O. The quantitative estimate of drug-likeness (QED) is 0.634. The predicted octanol–water partition coefficient (Wildman–Crippen LogP) is 2.56. The number of benzene rings is 1.